The topological polar surface area (TPSA) is 19.1 Å². The molecule has 4 heteroatoms. The molecule has 0 fully saturated rings. The minimum atomic E-state index is -2.85. The molecule has 272 valence electrons. The fourth-order valence-electron chi connectivity index (χ4n) is 9.79. The predicted molar refractivity (Wildman–Crippen MR) is 244 cm³/mol. The lowest BCUT2D eigenvalue weighted by Crippen LogP contribution is -2.76. The molecule has 0 amide bonds. The van der Waals surface area contributed by atoms with Crippen LogP contribution in [0.3, 0.4) is 0 Å². The molecule has 0 atom stereocenters. The zero-order valence-electron chi connectivity index (χ0n) is 31.6. The van der Waals surface area contributed by atoms with Crippen molar-refractivity contribution >= 4 is 72.4 Å². The van der Waals surface area contributed by atoms with Gasteiger partial charge in [0.15, 0.2) is 8.07 Å². The molecular weight excluding hydrogens is 721 g/mol. The second-order valence-corrected chi connectivity index (χ2v) is 19.0. The van der Waals surface area contributed by atoms with E-state index < -0.39 is 8.07 Å². The van der Waals surface area contributed by atoms with E-state index >= 15 is 0 Å². The molecule has 3 heterocycles. The Morgan fingerprint density at radius 2 is 0.845 bits per heavy atom. The predicted octanol–water partition coefficient (Wildman–Crippen LogP) is 11.0. The van der Waals surface area contributed by atoms with Crippen LogP contribution in [0.15, 0.2) is 218 Å². The number of ether oxygens (including phenoxy) is 1. The van der Waals surface area contributed by atoms with Crippen LogP contribution in [0.5, 0.6) is 11.5 Å². The van der Waals surface area contributed by atoms with Crippen LogP contribution < -0.4 is 25.5 Å². The number of rotatable bonds is 5. The molecule has 0 saturated heterocycles. The van der Waals surface area contributed by atoms with Gasteiger partial charge in [0.2, 0.25) is 0 Å². The summed E-state index contributed by atoms with van der Waals surface area (Å²) in [6.07, 6.45) is 0. The third-order valence-electron chi connectivity index (χ3n) is 12.2. The molecule has 0 unspecified atom stereocenters. The smallest absolute Gasteiger partial charge is 0.188 e. The molecule has 0 bridgehead atoms. The molecule has 12 rings (SSSR count). The Morgan fingerprint density at radius 1 is 0.310 bits per heavy atom. The monoisotopic (exact) mass is 756 g/mol. The van der Waals surface area contributed by atoms with Crippen LogP contribution in [0.4, 0.5) is 0 Å². The summed E-state index contributed by atoms with van der Waals surface area (Å²) in [6.45, 7) is 0. The van der Waals surface area contributed by atoms with Crippen molar-refractivity contribution in [1.29, 1.82) is 0 Å². The Hall–Kier alpha value is -7.40. The standard InChI is InChI=1S/C54H36N2OSi/c1-3-16-37(17-4-1)38-18-15-19-39(34-38)55-48-25-10-8-23-44(48)46-35-40(30-33-49(46)55)56-47-24-9-7-22-43(47)45-32-31-42(36-50(45)56)58(41-20-5-2-6-21-41)53-28-13-11-26-51(53)57-52-27-12-14-29-54(52)58/h1-36H. The highest BCUT2D eigenvalue weighted by molar-refractivity contribution is 7.20. The van der Waals surface area contributed by atoms with Crippen molar-refractivity contribution < 1.29 is 4.74 Å². The van der Waals surface area contributed by atoms with Gasteiger partial charge < -0.3 is 13.9 Å². The molecule has 9 aromatic carbocycles. The summed E-state index contributed by atoms with van der Waals surface area (Å²) in [4.78, 5) is 0. The Morgan fingerprint density at radius 3 is 1.57 bits per heavy atom. The van der Waals surface area contributed by atoms with Gasteiger partial charge in [-0.25, -0.2) is 0 Å². The van der Waals surface area contributed by atoms with E-state index in [2.05, 4.69) is 228 Å². The van der Waals surface area contributed by atoms with Gasteiger partial charge in [0.25, 0.3) is 0 Å². The minimum Gasteiger partial charge on any atom is -0.458 e. The first-order valence-corrected chi connectivity index (χ1v) is 21.9. The van der Waals surface area contributed by atoms with Gasteiger partial charge in [-0.1, -0.05) is 158 Å². The fraction of sp³-hybridized carbons (Fsp3) is 0. The molecule has 0 N–H and O–H groups in total. The highest BCUT2D eigenvalue weighted by atomic mass is 28.3. The number of hydrogen-bond donors (Lipinski definition) is 0. The summed E-state index contributed by atoms with van der Waals surface area (Å²) >= 11 is 0. The molecule has 2 aromatic heterocycles. The number of aromatic nitrogens is 2. The van der Waals surface area contributed by atoms with E-state index in [1.54, 1.807) is 0 Å². The van der Waals surface area contributed by atoms with Crippen LogP contribution in [0, 0.1) is 0 Å². The van der Waals surface area contributed by atoms with E-state index in [-0.39, 0.29) is 0 Å². The zero-order chi connectivity index (χ0) is 38.2. The average molecular weight is 757 g/mol. The van der Waals surface area contributed by atoms with Gasteiger partial charge in [0, 0.05) is 32.9 Å². The highest BCUT2D eigenvalue weighted by Gasteiger charge is 2.48. The van der Waals surface area contributed by atoms with Crippen molar-refractivity contribution in [2.75, 3.05) is 0 Å². The maximum atomic E-state index is 6.67. The van der Waals surface area contributed by atoms with Crippen LogP contribution in [-0.2, 0) is 0 Å². The largest absolute Gasteiger partial charge is 0.458 e. The van der Waals surface area contributed by atoms with Gasteiger partial charge in [0.1, 0.15) is 11.5 Å². The van der Waals surface area contributed by atoms with Gasteiger partial charge in [-0.05, 0) is 92.5 Å². The number of para-hydroxylation sites is 4. The number of nitrogens with zero attached hydrogens (tertiary/aromatic N) is 2. The van der Waals surface area contributed by atoms with E-state index in [0.717, 1.165) is 22.9 Å². The molecule has 58 heavy (non-hydrogen) atoms. The van der Waals surface area contributed by atoms with E-state index in [4.69, 9.17) is 4.74 Å². The van der Waals surface area contributed by atoms with Crippen molar-refractivity contribution in [3.05, 3.63) is 218 Å². The van der Waals surface area contributed by atoms with Crippen molar-refractivity contribution in [3.8, 4) is 34.0 Å². The molecule has 0 aliphatic carbocycles. The van der Waals surface area contributed by atoms with Gasteiger partial charge in [-0.15, -0.1) is 0 Å². The SMILES string of the molecule is c1ccc(-c2cccc(-n3c4ccccc4c4cc(-n5c6ccccc6c6ccc([Si]7(c8ccccc8)c8ccccc8Oc8ccccc87)cc65)ccc43)c2)cc1. The first-order valence-electron chi connectivity index (χ1n) is 19.9. The molecule has 0 saturated carbocycles. The summed E-state index contributed by atoms with van der Waals surface area (Å²) in [6, 6.07) is 80.0. The maximum Gasteiger partial charge on any atom is 0.188 e. The lowest BCUT2D eigenvalue weighted by molar-refractivity contribution is 0.487. The highest BCUT2D eigenvalue weighted by Crippen LogP contribution is 2.38. The van der Waals surface area contributed by atoms with Crippen molar-refractivity contribution in [1.82, 2.24) is 9.13 Å². The first kappa shape index (κ1) is 32.8. The lowest BCUT2D eigenvalue weighted by atomic mass is 10.1. The van der Waals surface area contributed by atoms with Crippen LogP contribution in [-0.4, -0.2) is 17.2 Å². The Bertz CT molecular complexity index is 3330. The Balaban J connectivity index is 1.12. The van der Waals surface area contributed by atoms with Crippen LogP contribution >= 0.6 is 0 Å². The molecule has 0 spiro atoms. The number of fused-ring (bicyclic) bond motifs is 8. The minimum absolute atomic E-state index is 0.938. The lowest BCUT2D eigenvalue weighted by Gasteiger charge is -2.39. The van der Waals surface area contributed by atoms with Crippen molar-refractivity contribution in [2.45, 2.75) is 0 Å². The summed E-state index contributed by atoms with van der Waals surface area (Å²) in [7, 11) is -2.85. The van der Waals surface area contributed by atoms with Gasteiger partial charge in [-0.2, -0.15) is 0 Å². The van der Waals surface area contributed by atoms with Crippen LogP contribution in [0.2, 0.25) is 0 Å². The quantitative estimate of drug-likeness (QED) is 0.160. The van der Waals surface area contributed by atoms with Crippen LogP contribution in [0.1, 0.15) is 0 Å². The van der Waals surface area contributed by atoms with E-state index in [0.29, 0.717) is 0 Å². The second-order valence-electron chi connectivity index (χ2n) is 15.3. The van der Waals surface area contributed by atoms with Crippen LogP contribution in [0.25, 0.3) is 66.1 Å². The molecular formula is C54H36N2OSi. The van der Waals surface area contributed by atoms with E-state index in [1.165, 1.54) is 75.5 Å². The molecule has 3 nitrogen and oxygen atoms in total. The third kappa shape index (κ3) is 4.73. The van der Waals surface area contributed by atoms with E-state index in [9.17, 15) is 0 Å². The summed E-state index contributed by atoms with van der Waals surface area (Å²) in [5.41, 5.74) is 9.46. The zero-order valence-corrected chi connectivity index (χ0v) is 32.6. The van der Waals surface area contributed by atoms with Crippen molar-refractivity contribution in [2.24, 2.45) is 0 Å². The first-order chi connectivity index (χ1) is 28.8. The number of hydrogen-bond acceptors (Lipinski definition) is 1. The third-order valence-corrected chi connectivity index (χ3v) is 17.1. The number of benzene rings is 9. The molecule has 1 aliphatic rings. The summed E-state index contributed by atoms with van der Waals surface area (Å²) in [5.74, 6) is 1.88. The molecule has 11 aromatic rings. The maximum absolute atomic E-state index is 6.67. The normalized spacial score (nSPS) is 13.1. The summed E-state index contributed by atoms with van der Waals surface area (Å²) < 4.78 is 11.6. The van der Waals surface area contributed by atoms with Gasteiger partial charge >= 0.3 is 0 Å². The second kappa shape index (κ2) is 12.8. The fourth-order valence-corrected chi connectivity index (χ4v) is 14.7. The molecule has 0 radical (unpaired) electrons. The molecule has 1 aliphatic heterocycles. The summed E-state index contributed by atoms with van der Waals surface area (Å²) in [5, 5.41) is 10.2. The van der Waals surface area contributed by atoms with Crippen molar-refractivity contribution in [3.63, 3.8) is 0 Å². The van der Waals surface area contributed by atoms with E-state index in [1.807, 2.05) is 0 Å². The Labute approximate surface area is 337 Å². The van der Waals surface area contributed by atoms with Gasteiger partial charge in [0.05, 0.1) is 22.1 Å². The average Bonchev–Trinajstić information content (AvgIpc) is 3.81. The Kier molecular flexibility index (Phi) is 7.25. The van der Waals surface area contributed by atoms with Gasteiger partial charge in [-0.3, -0.25) is 0 Å².